The van der Waals surface area contributed by atoms with Gasteiger partial charge in [-0.05, 0) is 67.0 Å². The van der Waals surface area contributed by atoms with Crippen LogP contribution in [-0.4, -0.2) is 44.9 Å². The lowest BCUT2D eigenvalue weighted by molar-refractivity contribution is 0.0706. The average Bonchev–Trinajstić information content (AvgIpc) is 3.32. The molecule has 0 spiro atoms. The Kier molecular flexibility index (Phi) is 7.17. The van der Waals surface area contributed by atoms with Crippen LogP contribution < -0.4 is 0 Å². The molecule has 1 saturated heterocycles. The number of benzene rings is 1. The van der Waals surface area contributed by atoms with E-state index in [4.69, 9.17) is 5.26 Å². The molecule has 3 aromatic rings. The standard InChI is InChI=1S/C27H29N5O2/c1-18(2)13-23-8-7-22(17-29-23)26(33)15-24-14-25(31-30-24)27(34)32-11-9-21(10-12-32)20-5-3-19(16-28)4-6-20/h3-8,14,17-18,21H,9-13,15H2,1-2H3,(H,30,31). The van der Waals surface area contributed by atoms with Crippen molar-refractivity contribution in [1.82, 2.24) is 20.1 Å². The molecule has 0 unspecified atom stereocenters. The number of carbonyl (C=O) groups excluding carboxylic acids is 2. The molecule has 1 fully saturated rings. The summed E-state index contributed by atoms with van der Waals surface area (Å²) in [4.78, 5) is 31.8. The molecule has 0 bridgehead atoms. The minimum absolute atomic E-state index is 0.0607. The molecule has 1 amide bonds. The second-order valence-electron chi connectivity index (χ2n) is 9.31. The summed E-state index contributed by atoms with van der Waals surface area (Å²) < 4.78 is 0. The van der Waals surface area contributed by atoms with Crippen molar-refractivity contribution in [3.63, 3.8) is 0 Å². The van der Waals surface area contributed by atoms with E-state index in [1.54, 1.807) is 12.3 Å². The summed E-state index contributed by atoms with van der Waals surface area (Å²) in [6, 6.07) is 15.2. The highest BCUT2D eigenvalue weighted by Gasteiger charge is 2.26. The van der Waals surface area contributed by atoms with Gasteiger partial charge in [-0.1, -0.05) is 26.0 Å². The smallest absolute Gasteiger partial charge is 0.274 e. The van der Waals surface area contributed by atoms with Crippen LogP contribution in [0.1, 0.15) is 76.0 Å². The van der Waals surface area contributed by atoms with E-state index in [1.807, 2.05) is 41.3 Å². The van der Waals surface area contributed by atoms with Crippen molar-refractivity contribution in [2.45, 2.75) is 45.4 Å². The first-order chi connectivity index (χ1) is 16.4. The molecule has 2 aromatic heterocycles. The van der Waals surface area contributed by atoms with Crippen molar-refractivity contribution >= 4 is 11.7 Å². The molecule has 34 heavy (non-hydrogen) atoms. The first kappa shape index (κ1) is 23.4. The number of nitriles is 1. The van der Waals surface area contributed by atoms with Crippen LogP contribution in [-0.2, 0) is 12.8 Å². The zero-order valence-electron chi connectivity index (χ0n) is 19.6. The summed E-state index contributed by atoms with van der Waals surface area (Å²) in [5.74, 6) is 0.712. The number of likely N-dealkylation sites (tertiary alicyclic amines) is 1. The number of nitrogens with one attached hydrogen (secondary N) is 1. The van der Waals surface area contributed by atoms with E-state index in [0.717, 1.165) is 25.0 Å². The van der Waals surface area contributed by atoms with Crippen molar-refractivity contribution in [3.8, 4) is 6.07 Å². The Morgan fingerprint density at radius 2 is 1.88 bits per heavy atom. The maximum atomic E-state index is 12.9. The lowest BCUT2D eigenvalue weighted by Crippen LogP contribution is -2.38. The zero-order valence-corrected chi connectivity index (χ0v) is 19.6. The Labute approximate surface area is 199 Å². The van der Waals surface area contributed by atoms with Gasteiger partial charge in [-0.2, -0.15) is 10.4 Å². The normalized spacial score (nSPS) is 14.2. The lowest BCUT2D eigenvalue weighted by Gasteiger charge is -2.31. The van der Waals surface area contributed by atoms with E-state index in [-0.39, 0.29) is 18.1 Å². The number of hydrogen-bond acceptors (Lipinski definition) is 5. The Balaban J connectivity index is 1.31. The van der Waals surface area contributed by atoms with Gasteiger partial charge in [-0.15, -0.1) is 0 Å². The second-order valence-corrected chi connectivity index (χ2v) is 9.31. The Bertz CT molecular complexity index is 1180. The predicted molar refractivity (Wildman–Crippen MR) is 128 cm³/mol. The number of rotatable bonds is 7. The molecule has 174 valence electrons. The monoisotopic (exact) mass is 455 g/mol. The summed E-state index contributed by atoms with van der Waals surface area (Å²) in [6.45, 7) is 5.57. The summed E-state index contributed by atoms with van der Waals surface area (Å²) in [6.07, 6.45) is 4.39. The largest absolute Gasteiger partial charge is 0.337 e. The third-order valence-electron chi connectivity index (χ3n) is 6.26. The van der Waals surface area contributed by atoms with Crippen LogP contribution in [0.2, 0.25) is 0 Å². The van der Waals surface area contributed by atoms with E-state index in [1.165, 1.54) is 5.56 Å². The molecule has 7 heteroatoms. The molecular formula is C27H29N5O2. The Morgan fingerprint density at radius 3 is 2.50 bits per heavy atom. The van der Waals surface area contributed by atoms with Crippen molar-refractivity contribution in [2.24, 2.45) is 5.92 Å². The summed E-state index contributed by atoms with van der Waals surface area (Å²) >= 11 is 0. The number of Topliss-reactive ketones (excluding diaryl/α,β-unsaturated/α-hetero) is 1. The van der Waals surface area contributed by atoms with Crippen LogP contribution in [0.3, 0.4) is 0 Å². The highest BCUT2D eigenvalue weighted by molar-refractivity contribution is 5.97. The molecular weight excluding hydrogens is 426 g/mol. The maximum Gasteiger partial charge on any atom is 0.274 e. The number of hydrogen-bond donors (Lipinski definition) is 1. The van der Waals surface area contributed by atoms with Gasteiger partial charge in [0.15, 0.2) is 5.78 Å². The molecule has 4 rings (SSSR count). The lowest BCUT2D eigenvalue weighted by atomic mass is 9.89. The predicted octanol–water partition coefficient (Wildman–Crippen LogP) is 4.32. The molecule has 1 aliphatic rings. The number of pyridine rings is 1. The fourth-order valence-electron chi connectivity index (χ4n) is 4.37. The minimum Gasteiger partial charge on any atom is -0.337 e. The van der Waals surface area contributed by atoms with E-state index >= 15 is 0 Å². The van der Waals surface area contributed by atoms with Gasteiger partial charge in [-0.25, -0.2) is 0 Å². The second kappa shape index (κ2) is 10.4. The van der Waals surface area contributed by atoms with Gasteiger partial charge >= 0.3 is 0 Å². The van der Waals surface area contributed by atoms with Gasteiger partial charge in [0.05, 0.1) is 18.1 Å². The van der Waals surface area contributed by atoms with Gasteiger partial charge in [0, 0.05) is 36.2 Å². The van der Waals surface area contributed by atoms with Gasteiger partial charge < -0.3 is 4.90 Å². The number of piperidine rings is 1. The molecule has 0 atom stereocenters. The quantitative estimate of drug-likeness (QED) is 0.535. The van der Waals surface area contributed by atoms with Crippen LogP contribution in [0.15, 0.2) is 48.7 Å². The molecule has 7 nitrogen and oxygen atoms in total. The molecule has 3 heterocycles. The topological polar surface area (TPSA) is 103 Å². The van der Waals surface area contributed by atoms with E-state index in [2.05, 4.69) is 35.1 Å². The fraction of sp³-hybridized carbons (Fsp3) is 0.370. The number of ketones is 1. The fourth-order valence-corrected chi connectivity index (χ4v) is 4.37. The number of aromatic amines is 1. The van der Waals surface area contributed by atoms with Crippen molar-refractivity contribution in [1.29, 1.82) is 5.26 Å². The number of amides is 1. The molecule has 1 aromatic carbocycles. The van der Waals surface area contributed by atoms with Crippen molar-refractivity contribution in [3.05, 3.63) is 82.4 Å². The molecule has 1 aliphatic heterocycles. The molecule has 1 N–H and O–H groups in total. The van der Waals surface area contributed by atoms with Crippen molar-refractivity contribution in [2.75, 3.05) is 13.1 Å². The maximum absolute atomic E-state index is 12.9. The first-order valence-corrected chi connectivity index (χ1v) is 11.7. The third-order valence-corrected chi connectivity index (χ3v) is 6.26. The number of carbonyl (C=O) groups is 2. The van der Waals surface area contributed by atoms with E-state index in [9.17, 15) is 9.59 Å². The van der Waals surface area contributed by atoms with Crippen LogP contribution in [0.5, 0.6) is 0 Å². The van der Waals surface area contributed by atoms with Gasteiger partial charge in [-0.3, -0.25) is 19.7 Å². The van der Waals surface area contributed by atoms with Crippen LogP contribution in [0, 0.1) is 17.2 Å². The number of nitrogens with zero attached hydrogens (tertiary/aromatic N) is 4. The number of aromatic nitrogens is 3. The third kappa shape index (κ3) is 5.57. The Hall–Kier alpha value is -3.79. The average molecular weight is 456 g/mol. The molecule has 0 radical (unpaired) electrons. The van der Waals surface area contributed by atoms with Crippen LogP contribution in [0.4, 0.5) is 0 Å². The zero-order chi connectivity index (χ0) is 24.1. The van der Waals surface area contributed by atoms with Gasteiger partial charge in [0.1, 0.15) is 5.69 Å². The van der Waals surface area contributed by atoms with Crippen molar-refractivity contribution < 1.29 is 9.59 Å². The van der Waals surface area contributed by atoms with Crippen LogP contribution in [0.25, 0.3) is 0 Å². The minimum atomic E-state index is -0.118. The summed E-state index contributed by atoms with van der Waals surface area (Å²) in [5.41, 5.74) is 4.35. The van der Waals surface area contributed by atoms with E-state index < -0.39 is 0 Å². The summed E-state index contributed by atoms with van der Waals surface area (Å²) in [7, 11) is 0. The Morgan fingerprint density at radius 1 is 1.15 bits per heavy atom. The molecule has 0 saturated carbocycles. The SMILES string of the molecule is CC(C)Cc1ccc(C(=O)Cc2cc(C(=O)N3CCC(c4ccc(C#N)cc4)CC3)n[nH]2)cn1. The highest BCUT2D eigenvalue weighted by atomic mass is 16.2. The number of H-pyrrole nitrogens is 1. The first-order valence-electron chi connectivity index (χ1n) is 11.7. The summed E-state index contributed by atoms with van der Waals surface area (Å²) in [5, 5.41) is 16.0. The molecule has 0 aliphatic carbocycles. The highest BCUT2D eigenvalue weighted by Crippen LogP contribution is 2.28. The van der Waals surface area contributed by atoms with Crippen LogP contribution >= 0.6 is 0 Å². The van der Waals surface area contributed by atoms with Gasteiger partial charge in [0.25, 0.3) is 5.91 Å². The van der Waals surface area contributed by atoms with E-state index in [0.29, 0.717) is 47.4 Å². The van der Waals surface area contributed by atoms with Gasteiger partial charge in [0.2, 0.25) is 0 Å².